The van der Waals surface area contributed by atoms with Crippen molar-refractivity contribution < 1.29 is 23.9 Å². The summed E-state index contributed by atoms with van der Waals surface area (Å²) in [4.78, 5) is 36.0. The van der Waals surface area contributed by atoms with E-state index in [-0.39, 0.29) is 25.6 Å². The molecule has 0 fully saturated rings. The molecule has 0 saturated heterocycles. The van der Waals surface area contributed by atoms with Crippen molar-refractivity contribution in [1.82, 2.24) is 4.90 Å². The van der Waals surface area contributed by atoms with Crippen molar-refractivity contribution >= 4 is 29.4 Å². The van der Waals surface area contributed by atoms with Crippen LogP contribution in [0.4, 0.5) is 0 Å². The van der Waals surface area contributed by atoms with Gasteiger partial charge in [0.25, 0.3) is 0 Å². The fraction of sp³-hybridized carbons (Fsp3) is 0.769. The zero-order valence-corrected chi connectivity index (χ0v) is 13.6. The van der Waals surface area contributed by atoms with Crippen LogP contribution in [0.2, 0.25) is 0 Å². The number of hydrogen-bond acceptors (Lipinski definition) is 6. The molecule has 0 radical (unpaired) electrons. The van der Waals surface area contributed by atoms with E-state index in [0.717, 1.165) is 4.90 Å². The van der Waals surface area contributed by atoms with Gasteiger partial charge >= 0.3 is 11.9 Å². The van der Waals surface area contributed by atoms with E-state index in [0.29, 0.717) is 0 Å². The summed E-state index contributed by atoms with van der Waals surface area (Å²) in [5, 5.41) is 0. The van der Waals surface area contributed by atoms with Gasteiger partial charge in [-0.05, 0) is 27.7 Å². The first-order valence-electron chi connectivity index (χ1n) is 6.58. The van der Waals surface area contributed by atoms with Gasteiger partial charge in [-0.15, -0.1) is 11.6 Å². The highest BCUT2D eigenvalue weighted by atomic mass is 35.5. The molecule has 0 aromatic carbocycles. The lowest BCUT2D eigenvalue weighted by Crippen LogP contribution is -2.49. The number of halogens is 1. The van der Waals surface area contributed by atoms with Gasteiger partial charge in [0.1, 0.15) is 24.1 Å². The number of amides is 1. The Balaban J connectivity index is 4.69. The number of nitrogens with two attached hydrogens (primary N) is 1. The van der Waals surface area contributed by atoms with Crippen molar-refractivity contribution in [2.45, 2.75) is 39.3 Å². The molecule has 0 aliphatic heterocycles. The third-order valence-corrected chi connectivity index (χ3v) is 2.45. The fourth-order valence-corrected chi connectivity index (χ4v) is 1.56. The van der Waals surface area contributed by atoms with Crippen LogP contribution in [0.25, 0.3) is 0 Å². The Hall–Kier alpha value is -1.34. The van der Waals surface area contributed by atoms with Gasteiger partial charge in [-0.1, -0.05) is 0 Å². The summed E-state index contributed by atoms with van der Waals surface area (Å²) in [5.41, 5.74) is 5.02. The van der Waals surface area contributed by atoms with Gasteiger partial charge in [-0.2, -0.15) is 0 Å². The number of rotatable bonds is 7. The van der Waals surface area contributed by atoms with Crippen molar-refractivity contribution in [1.29, 1.82) is 0 Å². The summed E-state index contributed by atoms with van der Waals surface area (Å²) in [6.07, 6.45) is 0. The number of carbonyl (C=O) groups is 3. The Kier molecular flexibility index (Phi) is 8.27. The van der Waals surface area contributed by atoms with Crippen LogP contribution in [-0.2, 0) is 23.9 Å². The Morgan fingerprint density at radius 1 is 1.29 bits per heavy atom. The van der Waals surface area contributed by atoms with Crippen LogP contribution in [-0.4, -0.2) is 60.0 Å². The minimum Gasteiger partial charge on any atom is -0.465 e. The molecule has 7 nitrogen and oxygen atoms in total. The average molecular weight is 323 g/mol. The molecule has 21 heavy (non-hydrogen) atoms. The summed E-state index contributed by atoms with van der Waals surface area (Å²) in [7, 11) is 0. The van der Waals surface area contributed by atoms with Crippen molar-refractivity contribution in [3.63, 3.8) is 0 Å². The van der Waals surface area contributed by atoms with Crippen LogP contribution >= 0.6 is 11.6 Å². The van der Waals surface area contributed by atoms with Crippen LogP contribution in [0, 0.1) is 0 Å². The summed E-state index contributed by atoms with van der Waals surface area (Å²) < 4.78 is 9.87. The molecule has 1 atom stereocenters. The van der Waals surface area contributed by atoms with E-state index < -0.39 is 29.5 Å². The molecule has 0 aliphatic rings. The summed E-state index contributed by atoms with van der Waals surface area (Å²) in [5.74, 6) is -2.07. The Bertz CT molecular complexity index is 381. The summed E-state index contributed by atoms with van der Waals surface area (Å²) in [6.45, 7) is 6.49. The quantitative estimate of drug-likeness (QED) is 0.534. The molecule has 0 aromatic heterocycles. The van der Waals surface area contributed by atoms with E-state index in [4.69, 9.17) is 26.8 Å². The molecule has 2 N–H and O–H groups in total. The minimum atomic E-state index is -1.06. The lowest BCUT2D eigenvalue weighted by atomic mass is 10.2. The predicted octanol–water partition coefficient (Wildman–Crippen LogP) is 0.286. The monoisotopic (exact) mass is 322 g/mol. The predicted molar refractivity (Wildman–Crippen MR) is 77.8 cm³/mol. The van der Waals surface area contributed by atoms with E-state index in [1.807, 2.05) is 0 Å². The van der Waals surface area contributed by atoms with Gasteiger partial charge in [0.2, 0.25) is 5.91 Å². The molecule has 0 heterocycles. The first-order chi connectivity index (χ1) is 9.60. The maximum absolute atomic E-state index is 11.8. The molecule has 0 saturated carbocycles. The molecule has 1 unspecified atom stereocenters. The van der Waals surface area contributed by atoms with Crippen LogP contribution in [0.5, 0.6) is 0 Å². The van der Waals surface area contributed by atoms with E-state index in [2.05, 4.69) is 0 Å². The van der Waals surface area contributed by atoms with Gasteiger partial charge in [-0.3, -0.25) is 14.4 Å². The fourth-order valence-electron chi connectivity index (χ4n) is 1.39. The van der Waals surface area contributed by atoms with Crippen LogP contribution in [0.1, 0.15) is 27.7 Å². The molecular formula is C13H23ClN2O5. The van der Waals surface area contributed by atoms with Gasteiger partial charge in [-0.25, -0.2) is 0 Å². The molecule has 0 bridgehead atoms. The molecular weight excluding hydrogens is 300 g/mol. The SMILES string of the molecule is CCOC(=O)CN(CC(N)C(=O)OC(C)(C)C)C(=O)CCl. The first kappa shape index (κ1) is 19.7. The Labute approximate surface area is 129 Å². The normalized spacial score (nSPS) is 12.5. The zero-order valence-electron chi connectivity index (χ0n) is 12.8. The van der Waals surface area contributed by atoms with Gasteiger partial charge in [0.15, 0.2) is 0 Å². The lowest BCUT2D eigenvalue weighted by Gasteiger charge is -2.26. The van der Waals surface area contributed by atoms with Crippen molar-refractivity contribution in [2.75, 3.05) is 25.6 Å². The number of hydrogen-bond donors (Lipinski definition) is 1. The van der Waals surface area contributed by atoms with E-state index >= 15 is 0 Å². The second-order valence-electron chi connectivity index (χ2n) is 5.35. The van der Waals surface area contributed by atoms with Crippen LogP contribution in [0.15, 0.2) is 0 Å². The zero-order chi connectivity index (χ0) is 16.6. The topological polar surface area (TPSA) is 98.9 Å². The molecule has 122 valence electrons. The number of nitrogens with zero attached hydrogens (tertiary/aromatic N) is 1. The molecule has 0 spiro atoms. The standard InChI is InChI=1S/C13H23ClN2O5/c1-5-20-11(18)8-16(10(17)6-14)7-9(15)12(19)21-13(2,3)4/h9H,5-8,15H2,1-4H3. The van der Waals surface area contributed by atoms with Gasteiger partial charge in [0, 0.05) is 6.54 Å². The van der Waals surface area contributed by atoms with Crippen molar-refractivity contribution in [3.05, 3.63) is 0 Å². The molecule has 1 amide bonds. The molecule has 8 heteroatoms. The molecule has 0 aromatic rings. The van der Waals surface area contributed by atoms with E-state index in [1.54, 1.807) is 27.7 Å². The third-order valence-electron chi connectivity index (χ3n) is 2.22. The largest absolute Gasteiger partial charge is 0.465 e. The van der Waals surface area contributed by atoms with E-state index in [9.17, 15) is 14.4 Å². The highest BCUT2D eigenvalue weighted by Gasteiger charge is 2.27. The smallest absolute Gasteiger partial charge is 0.325 e. The summed E-state index contributed by atoms with van der Waals surface area (Å²) in [6, 6.07) is -1.06. The highest BCUT2D eigenvalue weighted by molar-refractivity contribution is 6.27. The Morgan fingerprint density at radius 3 is 2.29 bits per heavy atom. The van der Waals surface area contributed by atoms with Gasteiger partial charge in [0.05, 0.1) is 6.61 Å². The first-order valence-corrected chi connectivity index (χ1v) is 7.12. The van der Waals surface area contributed by atoms with Crippen molar-refractivity contribution in [3.8, 4) is 0 Å². The second kappa shape index (κ2) is 8.84. The third kappa shape index (κ3) is 8.52. The summed E-state index contributed by atoms with van der Waals surface area (Å²) >= 11 is 5.48. The molecule has 0 aliphatic carbocycles. The van der Waals surface area contributed by atoms with Crippen LogP contribution < -0.4 is 5.73 Å². The number of ether oxygens (including phenoxy) is 2. The number of carbonyl (C=O) groups excluding carboxylic acids is 3. The van der Waals surface area contributed by atoms with Gasteiger partial charge < -0.3 is 20.1 Å². The average Bonchev–Trinajstić information content (AvgIpc) is 2.35. The maximum atomic E-state index is 11.8. The lowest BCUT2D eigenvalue weighted by molar-refractivity contribution is -0.158. The maximum Gasteiger partial charge on any atom is 0.325 e. The second-order valence-corrected chi connectivity index (χ2v) is 5.62. The number of alkyl halides is 1. The Morgan fingerprint density at radius 2 is 1.86 bits per heavy atom. The minimum absolute atomic E-state index is 0.167. The highest BCUT2D eigenvalue weighted by Crippen LogP contribution is 2.08. The van der Waals surface area contributed by atoms with Crippen LogP contribution in [0.3, 0.4) is 0 Å². The number of esters is 2. The molecule has 0 rings (SSSR count). The van der Waals surface area contributed by atoms with E-state index in [1.165, 1.54) is 0 Å². The van der Waals surface area contributed by atoms with Crippen molar-refractivity contribution in [2.24, 2.45) is 5.73 Å².